The van der Waals surface area contributed by atoms with Gasteiger partial charge in [0.1, 0.15) is 22.4 Å². The Labute approximate surface area is 147 Å². The number of nitro groups is 1. The Morgan fingerprint density at radius 2 is 2.15 bits per heavy atom. The number of halogens is 4. The second-order valence-corrected chi connectivity index (χ2v) is 5.62. The van der Waals surface area contributed by atoms with Crippen LogP contribution in [0, 0.1) is 21.4 Å². The van der Waals surface area contributed by atoms with Crippen LogP contribution in [0.2, 0.25) is 5.02 Å². The fourth-order valence-corrected chi connectivity index (χ4v) is 2.83. The highest BCUT2D eigenvalue weighted by atomic mass is 35.5. The number of nitriles is 1. The first-order valence-corrected chi connectivity index (χ1v) is 7.19. The van der Waals surface area contributed by atoms with E-state index < -0.39 is 45.7 Å². The number of aromatic nitrogens is 2. The SMILES string of the molecule is N#CC1=C(N)Oc2n[nH]c(C(F)(F)F)c2[C@H]1c1ccc(Cl)c([N+](=O)[O-])c1. The number of nitro benzene ring substituents is 1. The Hall–Kier alpha value is -3.26. The van der Waals surface area contributed by atoms with Gasteiger partial charge in [-0.25, -0.2) is 0 Å². The van der Waals surface area contributed by atoms with Gasteiger partial charge in [-0.15, -0.1) is 5.10 Å². The monoisotopic (exact) mass is 385 g/mol. The number of hydrogen-bond acceptors (Lipinski definition) is 6. The van der Waals surface area contributed by atoms with Gasteiger partial charge in [0.2, 0.25) is 11.8 Å². The van der Waals surface area contributed by atoms with Crippen LogP contribution in [0.4, 0.5) is 18.9 Å². The third-order valence-corrected chi connectivity index (χ3v) is 4.04. The number of nitrogens with two attached hydrogens (primary N) is 1. The Kier molecular flexibility index (Phi) is 4.00. The van der Waals surface area contributed by atoms with Crippen LogP contribution in [0.15, 0.2) is 29.7 Å². The van der Waals surface area contributed by atoms with Crippen molar-refractivity contribution in [3.63, 3.8) is 0 Å². The quantitative estimate of drug-likeness (QED) is 0.602. The third kappa shape index (κ3) is 2.70. The molecule has 1 atom stereocenters. The Balaban J connectivity index is 2.30. The van der Waals surface area contributed by atoms with E-state index in [1.54, 1.807) is 6.07 Å². The lowest BCUT2D eigenvalue weighted by molar-refractivity contribution is -0.384. The van der Waals surface area contributed by atoms with E-state index in [0.717, 1.165) is 12.1 Å². The maximum atomic E-state index is 13.3. The average Bonchev–Trinajstić information content (AvgIpc) is 2.97. The molecule has 12 heteroatoms. The maximum absolute atomic E-state index is 13.3. The van der Waals surface area contributed by atoms with Crippen molar-refractivity contribution in [1.29, 1.82) is 5.26 Å². The lowest BCUT2D eigenvalue weighted by Gasteiger charge is -2.24. The van der Waals surface area contributed by atoms with E-state index >= 15 is 0 Å². The van der Waals surface area contributed by atoms with Crippen molar-refractivity contribution < 1.29 is 22.8 Å². The number of alkyl halides is 3. The molecular formula is C14H7ClF3N5O3. The Bertz CT molecular complexity index is 993. The van der Waals surface area contributed by atoms with E-state index in [1.807, 2.05) is 5.10 Å². The van der Waals surface area contributed by atoms with Gasteiger partial charge in [0, 0.05) is 6.07 Å². The fraction of sp³-hybridized carbons (Fsp3) is 0.143. The van der Waals surface area contributed by atoms with Gasteiger partial charge in [0.25, 0.3) is 5.69 Å². The number of nitrogens with zero attached hydrogens (tertiary/aromatic N) is 3. The molecule has 0 amide bonds. The number of allylic oxidation sites excluding steroid dienone is 1. The molecule has 0 aliphatic carbocycles. The van der Waals surface area contributed by atoms with Crippen molar-refractivity contribution in [3.8, 4) is 11.9 Å². The van der Waals surface area contributed by atoms with Gasteiger partial charge >= 0.3 is 6.18 Å². The van der Waals surface area contributed by atoms with Crippen LogP contribution in [0.5, 0.6) is 5.88 Å². The van der Waals surface area contributed by atoms with Crippen LogP contribution in [-0.2, 0) is 6.18 Å². The predicted octanol–water partition coefficient (Wildman–Crippen LogP) is 3.21. The van der Waals surface area contributed by atoms with Crippen LogP contribution >= 0.6 is 11.6 Å². The minimum atomic E-state index is -4.83. The van der Waals surface area contributed by atoms with Crippen molar-refractivity contribution in [1.82, 2.24) is 10.2 Å². The van der Waals surface area contributed by atoms with E-state index in [2.05, 4.69) is 5.10 Å². The molecule has 0 spiro atoms. The van der Waals surface area contributed by atoms with Crippen molar-refractivity contribution in [3.05, 3.63) is 61.6 Å². The fourth-order valence-electron chi connectivity index (χ4n) is 2.64. The van der Waals surface area contributed by atoms with Crippen molar-refractivity contribution >= 4 is 17.3 Å². The molecule has 1 aromatic carbocycles. The Morgan fingerprint density at radius 1 is 1.46 bits per heavy atom. The summed E-state index contributed by atoms with van der Waals surface area (Å²) in [6.07, 6.45) is -4.83. The summed E-state index contributed by atoms with van der Waals surface area (Å²) < 4.78 is 44.9. The first-order valence-electron chi connectivity index (χ1n) is 6.82. The number of hydrogen-bond donors (Lipinski definition) is 2. The molecule has 2 aromatic rings. The lowest BCUT2D eigenvalue weighted by atomic mass is 9.83. The smallest absolute Gasteiger partial charge is 0.420 e. The highest BCUT2D eigenvalue weighted by molar-refractivity contribution is 6.32. The molecule has 0 saturated heterocycles. The highest BCUT2D eigenvalue weighted by Gasteiger charge is 2.44. The van der Waals surface area contributed by atoms with Gasteiger partial charge < -0.3 is 10.5 Å². The average molecular weight is 386 g/mol. The molecule has 0 unspecified atom stereocenters. The first-order chi connectivity index (χ1) is 12.1. The second-order valence-electron chi connectivity index (χ2n) is 5.21. The zero-order valence-electron chi connectivity index (χ0n) is 12.5. The molecule has 8 nitrogen and oxygen atoms in total. The number of benzene rings is 1. The summed E-state index contributed by atoms with van der Waals surface area (Å²) in [5.74, 6) is -2.27. The largest absolute Gasteiger partial charge is 0.433 e. The number of fused-ring (bicyclic) bond motifs is 1. The second kappa shape index (κ2) is 5.92. The number of ether oxygens (including phenoxy) is 1. The van der Waals surface area contributed by atoms with E-state index in [0.29, 0.717) is 0 Å². The van der Waals surface area contributed by atoms with Gasteiger partial charge in [0.05, 0.1) is 16.4 Å². The number of aromatic amines is 1. The summed E-state index contributed by atoms with van der Waals surface area (Å²) >= 11 is 5.75. The van der Waals surface area contributed by atoms with Crippen LogP contribution in [0.1, 0.15) is 22.7 Å². The summed E-state index contributed by atoms with van der Waals surface area (Å²) in [5, 5.41) is 25.5. The molecule has 1 aliphatic rings. The molecular weight excluding hydrogens is 379 g/mol. The van der Waals surface area contributed by atoms with Gasteiger partial charge in [-0.3, -0.25) is 15.2 Å². The molecule has 0 fully saturated rings. The van der Waals surface area contributed by atoms with E-state index in [4.69, 9.17) is 22.1 Å². The molecule has 0 saturated carbocycles. The lowest BCUT2D eigenvalue weighted by Crippen LogP contribution is -2.23. The summed E-state index contributed by atoms with van der Waals surface area (Å²) in [5.41, 5.74) is 3.05. The van der Waals surface area contributed by atoms with Crippen LogP contribution in [-0.4, -0.2) is 15.1 Å². The first kappa shape index (κ1) is 17.6. The molecule has 3 N–H and O–H groups in total. The van der Waals surface area contributed by atoms with Crippen molar-refractivity contribution in [2.45, 2.75) is 12.1 Å². The molecule has 1 aromatic heterocycles. The van der Waals surface area contributed by atoms with Crippen LogP contribution in [0.3, 0.4) is 0 Å². The number of H-pyrrole nitrogens is 1. The maximum Gasteiger partial charge on any atom is 0.433 e. The standard InChI is InChI=1S/C14H7ClF3N5O3/c15-7-2-1-5(3-8(7)23(24)25)9-6(4-19)12(20)26-13-10(9)11(21-22-13)14(16,17)18/h1-3,9H,20H2,(H,21,22)/t9-/m0/s1. The molecule has 134 valence electrons. The van der Waals surface area contributed by atoms with Crippen molar-refractivity contribution in [2.75, 3.05) is 0 Å². The zero-order chi connectivity index (χ0) is 19.2. The predicted molar refractivity (Wildman–Crippen MR) is 81.0 cm³/mol. The number of nitrogens with one attached hydrogen (secondary N) is 1. The van der Waals surface area contributed by atoms with Gasteiger partial charge in [-0.05, 0) is 11.6 Å². The van der Waals surface area contributed by atoms with E-state index in [9.17, 15) is 28.5 Å². The van der Waals surface area contributed by atoms with Gasteiger partial charge in [-0.2, -0.15) is 18.4 Å². The zero-order valence-corrected chi connectivity index (χ0v) is 13.2. The molecule has 1 aliphatic heterocycles. The third-order valence-electron chi connectivity index (χ3n) is 3.72. The van der Waals surface area contributed by atoms with E-state index in [-0.39, 0.29) is 16.2 Å². The summed E-state index contributed by atoms with van der Waals surface area (Å²) in [6.45, 7) is 0. The minimum Gasteiger partial charge on any atom is -0.420 e. The molecule has 3 rings (SSSR count). The molecule has 2 heterocycles. The van der Waals surface area contributed by atoms with Crippen molar-refractivity contribution in [2.24, 2.45) is 5.73 Å². The molecule has 0 bridgehead atoms. The minimum absolute atomic E-state index is 0.0112. The number of rotatable bonds is 2. The summed E-state index contributed by atoms with van der Waals surface area (Å²) in [6, 6.07) is 5.10. The van der Waals surface area contributed by atoms with Crippen LogP contribution in [0.25, 0.3) is 0 Å². The van der Waals surface area contributed by atoms with Gasteiger partial charge in [-0.1, -0.05) is 17.7 Å². The summed E-state index contributed by atoms with van der Waals surface area (Å²) in [7, 11) is 0. The summed E-state index contributed by atoms with van der Waals surface area (Å²) in [4.78, 5) is 10.3. The molecule has 0 radical (unpaired) electrons. The topological polar surface area (TPSA) is 131 Å². The molecule has 26 heavy (non-hydrogen) atoms. The van der Waals surface area contributed by atoms with E-state index in [1.165, 1.54) is 6.07 Å². The Morgan fingerprint density at radius 3 is 2.73 bits per heavy atom. The highest BCUT2D eigenvalue weighted by Crippen LogP contribution is 2.47. The van der Waals surface area contributed by atoms with Crippen LogP contribution < -0.4 is 10.5 Å². The van der Waals surface area contributed by atoms with Gasteiger partial charge in [0.15, 0.2) is 0 Å². The normalized spacial score (nSPS) is 16.7.